The number of nitrogens with one attached hydrogen (secondary N) is 1. The van der Waals surface area contributed by atoms with Crippen LogP contribution in [0.25, 0.3) is 0 Å². The summed E-state index contributed by atoms with van der Waals surface area (Å²) < 4.78 is 0. The number of hydrazone groups is 1. The highest BCUT2D eigenvalue weighted by Crippen LogP contribution is 2.27. The highest BCUT2D eigenvalue weighted by Gasteiger charge is 2.40. The Morgan fingerprint density at radius 2 is 2.21 bits per heavy atom. The zero-order valence-electron chi connectivity index (χ0n) is 19.7. The number of amides is 1. The van der Waals surface area contributed by atoms with Crippen LogP contribution in [0.4, 0.5) is 0 Å². The van der Waals surface area contributed by atoms with E-state index in [9.17, 15) is 9.90 Å². The molecule has 4 rings (SSSR count). The lowest BCUT2D eigenvalue weighted by Gasteiger charge is -2.35. The van der Waals surface area contributed by atoms with Gasteiger partial charge in [0.05, 0.1) is 0 Å². The van der Waals surface area contributed by atoms with Crippen LogP contribution in [0.3, 0.4) is 0 Å². The largest absolute Gasteiger partial charge is 0.508 e. The standard InChI is InChI=1S/C26H33N5O2/c1-5-9-18(3)23(6-2)25-28-31-24(33)16-20(27-26(31)29(25)4)17-30-13-8-11-21(30)14-19-10-7-12-22(32)15-19/h5-7,9-10,12,15-16,21,26-27,32H,1,8,11,13-14,17H2,2-4H3/b18-9-,23-6+. The quantitative estimate of drug-likeness (QED) is 0.628. The van der Waals surface area contributed by atoms with Crippen molar-refractivity contribution in [3.63, 3.8) is 0 Å². The number of hydrogen-bond acceptors (Lipinski definition) is 6. The number of phenols is 1. The molecule has 1 amide bonds. The van der Waals surface area contributed by atoms with Gasteiger partial charge in [-0.3, -0.25) is 9.69 Å². The van der Waals surface area contributed by atoms with Crippen molar-refractivity contribution in [1.82, 2.24) is 20.1 Å². The van der Waals surface area contributed by atoms with Gasteiger partial charge >= 0.3 is 0 Å². The molecule has 0 saturated carbocycles. The molecule has 2 N–H and O–H groups in total. The summed E-state index contributed by atoms with van der Waals surface area (Å²) >= 11 is 0. The number of carbonyl (C=O) groups is 1. The second-order valence-electron chi connectivity index (χ2n) is 8.83. The van der Waals surface area contributed by atoms with Gasteiger partial charge in [0.25, 0.3) is 5.91 Å². The van der Waals surface area contributed by atoms with Crippen molar-refractivity contribution < 1.29 is 9.90 Å². The molecule has 7 heteroatoms. The predicted molar refractivity (Wildman–Crippen MR) is 131 cm³/mol. The third-order valence-electron chi connectivity index (χ3n) is 6.55. The first-order valence-electron chi connectivity index (χ1n) is 11.5. The van der Waals surface area contributed by atoms with E-state index in [1.807, 2.05) is 50.1 Å². The Hall–Kier alpha value is -3.32. The number of allylic oxidation sites excluding steroid dienone is 3. The molecule has 0 aromatic heterocycles. The van der Waals surface area contributed by atoms with Gasteiger partial charge in [0, 0.05) is 37.0 Å². The van der Waals surface area contributed by atoms with Crippen molar-refractivity contribution in [3.05, 3.63) is 77.6 Å². The van der Waals surface area contributed by atoms with Crippen molar-refractivity contribution in [2.45, 2.75) is 45.4 Å². The normalized spacial score (nSPS) is 23.9. The van der Waals surface area contributed by atoms with Crippen LogP contribution in [0, 0.1) is 0 Å². The van der Waals surface area contributed by atoms with Gasteiger partial charge in [-0.2, -0.15) is 5.01 Å². The van der Waals surface area contributed by atoms with Gasteiger partial charge in [-0.15, -0.1) is 5.10 Å². The lowest BCUT2D eigenvalue weighted by Crippen LogP contribution is -2.55. The number of likely N-dealkylation sites (tertiary alicyclic amines) is 1. The van der Waals surface area contributed by atoms with E-state index in [-0.39, 0.29) is 12.2 Å². The van der Waals surface area contributed by atoms with E-state index in [0.29, 0.717) is 18.3 Å². The fourth-order valence-corrected chi connectivity index (χ4v) is 4.90. The van der Waals surface area contributed by atoms with E-state index >= 15 is 0 Å². The van der Waals surface area contributed by atoms with E-state index in [1.165, 1.54) is 5.01 Å². The van der Waals surface area contributed by atoms with E-state index in [2.05, 4.69) is 28.0 Å². The molecule has 0 aliphatic carbocycles. The summed E-state index contributed by atoms with van der Waals surface area (Å²) in [6, 6.07) is 7.87. The highest BCUT2D eigenvalue weighted by atomic mass is 16.3. The molecular weight excluding hydrogens is 414 g/mol. The van der Waals surface area contributed by atoms with Crippen molar-refractivity contribution >= 4 is 11.7 Å². The summed E-state index contributed by atoms with van der Waals surface area (Å²) in [5.74, 6) is 0.954. The van der Waals surface area contributed by atoms with E-state index in [4.69, 9.17) is 0 Å². The Balaban J connectivity index is 1.45. The van der Waals surface area contributed by atoms with Gasteiger partial charge in [0.15, 0.2) is 5.84 Å². The summed E-state index contributed by atoms with van der Waals surface area (Å²) in [5, 5.41) is 19.5. The minimum Gasteiger partial charge on any atom is -0.508 e. The zero-order chi connectivity index (χ0) is 23.5. The number of amidine groups is 1. The van der Waals surface area contributed by atoms with Gasteiger partial charge < -0.3 is 15.3 Å². The average molecular weight is 448 g/mol. The lowest BCUT2D eigenvalue weighted by molar-refractivity contribution is -0.131. The van der Waals surface area contributed by atoms with Crippen molar-refractivity contribution in [3.8, 4) is 5.75 Å². The molecule has 174 valence electrons. The molecule has 33 heavy (non-hydrogen) atoms. The molecule has 2 atom stereocenters. The molecule has 7 nitrogen and oxygen atoms in total. The zero-order valence-corrected chi connectivity index (χ0v) is 19.7. The Morgan fingerprint density at radius 3 is 2.94 bits per heavy atom. The van der Waals surface area contributed by atoms with E-state index in [1.54, 1.807) is 18.2 Å². The van der Waals surface area contributed by atoms with Crippen molar-refractivity contribution in [1.29, 1.82) is 0 Å². The minimum atomic E-state index is -0.342. The number of phenolic OH excluding ortho intramolecular Hbond substituents is 1. The van der Waals surface area contributed by atoms with Crippen LogP contribution in [0.1, 0.15) is 32.3 Å². The second kappa shape index (κ2) is 9.67. The summed E-state index contributed by atoms with van der Waals surface area (Å²) in [5.41, 5.74) is 4.07. The first-order chi connectivity index (χ1) is 15.9. The number of hydrogen-bond donors (Lipinski definition) is 2. The van der Waals surface area contributed by atoms with Gasteiger partial charge in [-0.05, 0) is 62.9 Å². The molecule has 1 fully saturated rings. The van der Waals surface area contributed by atoms with Crippen LogP contribution in [-0.2, 0) is 11.2 Å². The predicted octanol–water partition coefficient (Wildman–Crippen LogP) is 3.34. The lowest BCUT2D eigenvalue weighted by atomic mass is 10.0. The molecule has 3 aliphatic heterocycles. The topological polar surface area (TPSA) is 71.4 Å². The SMILES string of the molecule is C=C/C=C(C)\C(=C/C)C1=NN2C(=O)C=C(CN3CCCC3Cc3cccc(O)c3)NC2N1C. The monoisotopic (exact) mass is 447 g/mol. The summed E-state index contributed by atoms with van der Waals surface area (Å²) in [6.07, 6.45) is 10.2. The second-order valence-corrected chi connectivity index (χ2v) is 8.83. The molecule has 3 heterocycles. The van der Waals surface area contributed by atoms with Crippen LogP contribution in [0.15, 0.2) is 77.1 Å². The molecule has 1 aromatic rings. The Morgan fingerprint density at radius 1 is 1.39 bits per heavy atom. The molecule has 1 aromatic carbocycles. The fourth-order valence-electron chi connectivity index (χ4n) is 4.90. The number of benzene rings is 1. The summed E-state index contributed by atoms with van der Waals surface area (Å²) in [4.78, 5) is 17.4. The molecule has 0 bridgehead atoms. The van der Waals surface area contributed by atoms with Crippen LogP contribution in [-0.4, -0.2) is 64.1 Å². The maximum Gasteiger partial charge on any atom is 0.272 e. The van der Waals surface area contributed by atoms with Gasteiger partial charge in [0.1, 0.15) is 5.75 Å². The first kappa shape index (κ1) is 22.9. The number of likely N-dealkylation sites (N-methyl/N-ethyl adjacent to an activating group) is 1. The smallest absolute Gasteiger partial charge is 0.272 e. The van der Waals surface area contributed by atoms with Gasteiger partial charge in [-0.1, -0.05) is 36.9 Å². The molecule has 0 spiro atoms. The molecule has 2 unspecified atom stereocenters. The number of rotatable bonds is 7. The minimum absolute atomic E-state index is 0.111. The van der Waals surface area contributed by atoms with Crippen LogP contribution < -0.4 is 5.32 Å². The Kier molecular flexibility index (Phi) is 6.70. The Labute approximate surface area is 196 Å². The first-order valence-corrected chi connectivity index (χ1v) is 11.5. The van der Waals surface area contributed by atoms with E-state index < -0.39 is 0 Å². The van der Waals surface area contributed by atoms with Gasteiger partial charge in [0.2, 0.25) is 6.29 Å². The third-order valence-corrected chi connectivity index (χ3v) is 6.55. The van der Waals surface area contributed by atoms with Crippen LogP contribution in [0.2, 0.25) is 0 Å². The maximum absolute atomic E-state index is 12.9. The summed E-state index contributed by atoms with van der Waals surface area (Å²) in [7, 11) is 1.96. The van der Waals surface area contributed by atoms with E-state index in [0.717, 1.165) is 54.0 Å². The molecular formula is C26H33N5O2. The third kappa shape index (κ3) is 4.73. The van der Waals surface area contributed by atoms with Crippen molar-refractivity contribution in [2.75, 3.05) is 20.1 Å². The number of nitrogens with zero attached hydrogens (tertiary/aromatic N) is 4. The van der Waals surface area contributed by atoms with Crippen molar-refractivity contribution in [2.24, 2.45) is 5.10 Å². The number of aromatic hydroxyl groups is 1. The number of carbonyl (C=O) groups excluding carboxylic acids is 1. The van der Waals surface area contributed by atoms with Crippen LogP contribution >= 0.6 is 0 Å². The van der Waals surface area contributed by atoms with Crippen LogP contribution in [0.5, 0.6) is 5.75 Å². The fraction of sp³-hybridized carbons (Fsp3) is 0.385. The average Bonchev–Trinajstić information content (AvgIpc) is 3.34. The summed E-state index contributed by atoms with van der Waals surface area (Å²) in [6.45, 7) is 9.46. The number of fused-ring (bicyclic) bond motifs is 1. The highest BCUT2D eigenvalue weighted by molar-refractivity contribution is 6.04. The molecule has 3 aliphatic rings. The molecule has 1 saturated heterocycles. The molecule has 0 radical (unpaired) electrons. The van der Waals surface area contributed by atoms with Gasteiger partial charge in [-0.25, -0.2) is 0 Å². The maximum atomic E-state index is 12.9. The Bertz CT molecular complexity index is 1050.